The van der Waals surface area contributed by atoms with E-state index in [1.165, 1.54) is 0 Å². The fourth-order valence-electron chi connectivity index (χ4n) is 2.28. The Balaban J connectivity index is 1.78. The minimum absolute atomic E-state index is 0.574. The Hall–Kier alpha value is -1.98. The van der Waals surface area contributed by atoms with Crippen LogP contribution in [0.1, 0.15) is 25.8 Å². The summed E-state index contributed by atoms with van der Waals surface area (Å²) in [4.78, 5) is 4.12. The van der Waals surface area contributed by atoms with Gasteiger partial charge in [-0.1, -0.05) is 17.7 Å². The molecule has 0 bridgehead atoms. The Morgan fingerprint density at radius 1 is 1.04 bits per heavy atom. The molecule has 0 saturated carbocycles. The van der Waals surface area contributed by atoms with Crippen LogP contribution in [0.15, 0.2) is 36.5 Å². The van der Waals surface area contributed by atoms with Gasteiger partial charge in [-0.15, -0.1) is 0 Å². The maximum absolute atomic E-state index is 6.35. The van der Waals surface area contributed by atoms with E-state index in [-0.39, 0.29) is 0 Å². The van der Waals surface area contributed by atoms with Gasteiger partial charge in [-0.05, 0) is 44.5 Å². The molecule has 0 aliphatic heterocycles. The standard InChI is InChI=1S/C19H25ClN2O3/c1-3-23-17-12-15(16(20)13-18(17)24-4-2)14-21-9-7-11-25-19-8-5-6-10-22-19/h5-6,8,10,12-13,21H,3-4,7,9,11,14H2,1-2H3. The first-order chi connectivity index (χ1) is 12.2. The lowest BCUT2D eigenvalue weighted by Crippen LogP contribution is -2.17. The van der Waals surface area contributed by atoms with Gasteiger partial charge in [-0.25, -0.2) is 4.98 Å². The number of rotatable bonds is 11. The Morgan fingerprint density at radius 3 is 2.48 bits per heavy atom. The van der Waals surface area contributed by atoms with Crippen molar-refractivity contribution in [2.75, 3.05) is 26.4 Å². The Bertz CT molecular complexity index is 638. The molecular formula is C19H25ClN2O3. The SMILES string of the molecule is CCOc1cc(Cl)c(CNCCCOc2ccccn2)cc1OCC. The average molecular weight is 365 g/mol. The lowest BCUT2D eigenvalue weighted by atomic mass is 10.2. The van der Waals surface area contributed by atoms with Crippen LogP contribution in [0.4, 0.5) is 0 Å². The van der Waals surface area contributed by atoms with Gasteiger partial charge in [0.2, 0.25) is 5.88 Å². The third-order valence-corrected chi connectivity index (χ3v) is 3.77. The summed E-state index contributed by atoms with van der Waals surface area (Å²) in [5, 5.41) is 4.04. The van der Waals surface area contributed by atoms with Gasteiger partial charge in [0.15, 0.2) is 11.5 Å². The van der Waals surface area contributed by atoms with Gasteiger partial charge < -0.3 is 19.5 Å². The van der Waals surface area contributed by atoms with E-state index in [4.69, 9.17) is 25.8 Å². The number of pyridine rings is 1. The summed E-state index contributed by atoms with van der Waals surface area (Å²) in [6.45, 7) is 7.14. The number of nitrogens with zero attached hydrogens (tertiary/aromatic N) is 1. The van der Waals surface area contributed by atoms with Gasteiger partial charge >= 0.3 is 0 Å². The van der Waals surface area contributed by atoms with Crippen LogP contribution < -0.4 is 19.5 Å². The first-order valence-electron chi connectivity index (χ1n) is 8.57. The third kappa shape index (κ3) is 6.44. The second-order valence-corrected chi connectivity index (χ2v) is 5.71. The minimum Gasteiger partial charge on any atom is -0.490 e. The molecule has 136 valence electrons. The van der Waals surface area contributed by atoms with Gasteiger partial charge in [-0.3, -0.25) is 0 Å². The fraction of sp³-hybridized carbons (Fsp3) is 0.421. The van der Waals surface area contributed by atoms with Crippen molar-refractivity contribution in [1.82, 2.24) is 10.3 Å². The first-order valence-corrected chi connectivity index (χ1v) is 8.95. The van der Waals surface area contributed by atoms with Crippen LogP contribution in [0.3, 0.4) is 0 Å². The number of benzene rings is 1. The van der Waals surface area contributed by atoms with Crippen LogP contribution in [0, 0.1) is 0 Å². The predicted octanol–water partition coefficient (Wildman–Crippen LogP) is 4.09. The summed E-state index contributed by atoms with van der Waals surface area (Å²) >= 11 is 6.35. The highest BCUT2D eigenvalue weighted by atomic mass is 35.5. The number of halogens is 1. The van der Waals surface area contributed by atoms with E-state index in [0.717, 1.165) is 24.3 Å². The summed E-state index contributed by atoms with van der Waals surface area (Å²) in [6, 6.07) is 9.38. The van der Waals surface area contributed by atoms with Crippen LogP contribution >= 0.6 is 11.6 Å². The number of hydrogen-bond donors (Lipinski definition) is 1. The molecule has 6 heteroatoms. The third-order valence-electron chi connectivity index (χ3n) is 3.41. The van der Waals surface area contributed by atoms with Crippen molar-refractivity contribution in [3.63, 3.8) is 0 Å². The molecule has 5 nitrogen and oxygen atoms in total. The highest BCUT2D eigenvalue weighted by Crippen LogP contribution is 2.33. The average Bonchev–Trinajstić information content (AvgIpc) is 2.62. The molecule has 1 N–H and O–H groups in total. The summed E-state index contributed by atoms with van der Waals surface area (Å²) < 4.78 is 16.8. The van der Waals surface area contributed by atoms with E-state index in [2.05, 4.69) is 10.3 Å². The predicted molar refractivity (Wildman–Crippen MR) is 99.8 cm³/mol. The lowest BCUT2D eigenvalue weighted by molar-refractivity contribution is 0.287. The fourth-order valence-corrected chi connectivity index (χ4v) is 2.50. The molecule has 1 aromatic heterocycles. The molecule has 1 heterocycles. The van der Waals surface area contributed by atoms with Crippen molar-refractivity contribution in [3.05, 3.63) is 47.1 Å². The highest BCUT2D eigenvalue weighted by molar-refractivity contribution is 6.31. The van der Waals surface area contributed by atoms with Gasteiger partial charge in [0.05, 0.1) is 19.8 Å². The van der Waals surface area contributed by atoms with E-state index in [1.54, 1.807) is 6.20 Å². The van der Waals surface area contributed by atoms with Crippen LogP contribution in [0.2, 0.25) is 5.02 Å². The Labute approximate surface area is 154 Å². The van der Waals surface area contributed by atoms with Crippen LogP contribution in [-0.4, -0.2) is 31.3 Å². The monoisotopic (exact) mass is 364 g/mol. The molecule has 2 rings (SSSR count). The molecule has 0 aliphatic carbocycles. The van der Waals surface area contributed by atoms with Gasteiger partial charge in [0.1, 0.15) is 0 Å². The van der Waals surface area contributed by atoms with Crippen molar-refractivity contribution in [2.24, 2.45) is 0 Å². The molecule has 0 fully saturated rings. The molecule has 0 saturated heterocycles. The summed E-state index contributed by atoms with van der Waals surface area (Å²) in [5.41, 5.74) is 0.985. The smallest absolute Gasteiger partial charge is 0.213 e. The first kappa shape index (κ1) is 19.3. The van der Waals surface area contributed by atoms with Crippen molar-refractivity contribution >= 4 is 11.6 Å². The molecule has 25 heavy (non-hydrogen) atoms. The van der Waals surface area contributed by atoms with Crippen LogP contribution in [-0.2, 0) is 6.54 Å². The zero-order valence-electron chi connectivity index (χ0n) is 14.8. The van der Waals surface area contributed by atoms with Crippen molar-refractivity contribution in [2.45, 2.75) is 26.8 Å². The quantitative estimate of drug-likeness (QED) is 0.608. The number of ether oxygens (including phenoxy) is 3. The zero-order chi connectivity index (χ0) is 17.9. The molecule has 0 amide bonds. The van der Waals surface area contributed by atoms with Gasteiger partial charge in [0.25, 0.3) is 0 Å². The molecule has 0 atom stereocenters. The second kappa shape index (κ2) is 10.8. The highest BCUT2D eigenvalue weighted by Gasteiger charge is 2.10. The van der Waals surface area contributed by atoms with E-state index in [9.17, 15) is 0 Å². The van der Waals surface area contributed by atoms with Crippen molar-refractivity contribution in [3.8, 4) is 17.4 Å². The second-order valence-electron chi connectivity index (χ2n) is 5.30. The largest absolute Gasteiger partial charge is 0.490 e. The van der Waals surface area contributed by atoms with Crippen LogP contribution in [0.25, 0.3) is 0 Å². The van der Waals surface area contributed by atoms with Crippen molar-refractivity contribution in [1.29, 1.82) is 0 Å². The summed E-state index contributed by atoms with van der Waals surface area (Å²) in [7, 11) is 0. The minimum atomic E-state index is 0.574. The van der Waals surface area contributed by atoms with E-state index < -0.39 is 0 Å². The summed E-state index contributed by atoms with van der Waals surface area (Å²) in [6.07, 6.45) is 2.60. The number of hydrogen-bond acceptors (Lipinski definition) is 5. The van der Waals surface area contributed by atoms with Gasteiger partial charge in [-0.2, -0.15) is 0 Å². The van der Waals surface area contributed by atoms with E-state index in [1.807, 2.05) is 44.2 Å². The maximum Gasteiger partial charge on any atom is 0.213 e. The molecule has 2 aromatic rings. The maximum atomic E-state index is 6.35. The molecule has 1 aromatic carbocycles. The lowest BCUT2D eigenvalue weighted by Gasteiger charge is -2.14. The topological polar surface area (TPSA) is 52.6 Å². The normalized spacial score (nSPS) is 10.5. The zero-order valence-corrected chi connectivity index (χ0v) is 15.5. The molecular weight excluding hydrogens is 340 g/mol. The van der Waals surface area contributed by atoms with Crippen LogP contribution in [0.5, 0.6) is 17.4 Å². The summed E-state index contributed by atoms with van der Waals surface area (Å²) in [5.74, 6) is 2.06. The van der Waals surface area contributed by atoms with Gasteiger partial charge in [0, 0.05) is 29.9 Å². The van der Waals surface area contributed by atoms with E-state index in [0.29, 0.717) is 43.0 Å². The number of nitrogens with one attached hydrogen (secondary N) is 1. The van der Waals surface area contributed by atoms with Crippen molar-refractivity contribution < 1.29 is 14.2 Å². The number of aromatic nitrogens is 1. The van der Waals surface area contributed by atoms with E-state index >= 15 is 0 Å². The Kier molecular flexibility index (Phi) is 8.35. The molecule has 0 spiro atoms. The Morgan fingerprint density at radius 2 is 1.80 bits per heavy atom. The molecule has 0 aliphatic rings. The molecule has 0 unspecified atom stereocenters. The molecule has 0 radical (unpaired) electrons.